The number of carboxylic acid groups (broad SMARTS) is 2. The van der Waals surface area contributed by atoms with Gasteiger partial charge in [0.05, 0.1) is 6.54 Å². The highest BCUT2D eigenvalue weighted by Crippen LogP contribution is 2.21. The molecular formula is C29H26ClN3O6. The van der Waals surface area contributed by atoms with Crippen molar-refractivity contribution in [3.63, 3.8) is 0 Å². The minimum atomic E-state index is -1.70. The molecule has 1 aromatic heterocycles. The number of hydrogen-bond donors (Lipinski definition) is 4. The number of aliphatic hydroxyl groups is 1. The van der Waals surface area contributed by atoms with Crippen molar-refractivity contribution in [1.29, 1.82) is 0 Å². The van der Waals surface area contributed by atoms with Crippen molar-refractivity contribution in [2.45, 2.75) is 31.5 Å². The molecule has 0 radical (unpaired) electrons. The molecule has 0 spiro atoms. The average molecular weight is 548 g/mol. The third kappa shape index (κ3) is 7.10. The predicted octanol–water partition coefficient (Wildman–Crippen LogP) is 4.13. The Hall–Kier alpha value is -4.47. The number of carboxylic acids is 2. The number of aliphatic carboxylic acids is 1. The summed E-state index contributed by atoms with van der Waals surface area (Å²) in [5, 5.41) is 36.2. The first kappa shape index (κ1) is 27.6. The molecule has 0 aliphatic heterocycles. The van der Waals surface area contributed by atoms with Crippen LogP contribution < -0.4 is 5.32 Å². The first-order valence-corrected chi connectivity index (χ1v) is 12.5. The molecule has 0 saturated carbocycles. The van der Waals surface area contributed by atoms with E-state index in [0.29, 0.717) is 10.6 Å². The van der Waals surface area contributed by atoms with Gasteiger partial charge in [0.2, 0.25) is 0 Å². The molecule has 4 rings (SSSR count). The molecule has 3 aromatic carbocycles. The molecule has 1 heterocycles. The smallest absolute Gasteiger partial charge is 0.354 e. The van der Waals surface area contributed by atoms with Crippen LogP contribution in [0, 0.1) is 0 Å². The second kappa shape index (κ2) is 12.4. The summed E-state index contributed by atoms with van der Waals surface area (Å²) >= 11 is 6.20. The summed E-state index contributed by atoms with van der Waals surface area (Å²) < 4.78 is 1.17. The number of carbonyl (C=O) groups is 3. The number of benzene rings is 3. The lowest BCUT2D eigenvalue weighted by Crippen LogP contribution is -2.40. The molecular weight excluding hydrogens is 522 g/mol. The van der Waals surface area contributed by atoms with Crippen LogP contribution in [0.2, 0.25) is 5.02 Å². The molecule has 0 aliphatic carbocycles. The normalized spacial score (nSPS) is 12.5. The van der Waals surface area contributed by atoms with Crippen LogP contribution in [0.3, 0.4) is 0 Å². The fourth-order valence-electron chi connectivity index (χ4n) is 4.18. The molecule has 0 fully saturated rings. The highest BCUT2D eigenvalue weighted by atomic mass is 35.5. The Bertz CT molecular complexity index is 1470. The third-order valence-electron chi connectivity index (χ3n) is 6.18. The third-order valence-corrected chi connectivity index (χ3v) is 6.55. The number of halogens is 1. The van der Waals surface area contributed by atoms with Crippen molar-refractivity contribution in [3.8, 4) is 11.1 Å². The Labute approximate surface area is 229 Å². The molecule has 4 aromatic rings. The van der Waals surface area contributed by atoms with Crippen molar-refractivity contribution in [2.75, 3.05) is 0 Å². The maximum Gasteiger partial charge on any atom is 0.354 e. The van der Waals surface area contributed by atoms with Gasteiger partial charge in [-0.05, 0) is 34.7 Å². The lowest BCUT2D eigenvalue weighted by atomic mass is 9.97. The molecule has 0 saturated heterocycles. The Morgan fingerprint density at radius 2 is 1.54 bits per heavy atom. The van der Waals surface area contributed by atoms with Gasteiger partial charge in [0.25, 0.3) is 5.91 Å². The first-order chi connectivity index (χ1) is 18.7. The second-order valence-electron chi connectivity index (χ2n) is 9.00. The average Bonchev–Trinajstić information content (AvgIpc) is 3.35. The molecule has 200 valence electrons. The van der Waals surface area contributed by atoms with Crippen molar-refractivity contribution < 1.29 is 29.7 Å². The molecule has 1 amide bonds. The number of hydrogen-bond acceptors (Lipinski definition) is 5. The molecule has 0 bridgehead atoms. The SMILES string of the molecule is O=C(NC(Cc1ccc(-c2ccccc2)cc1)CC(O)C(=O)O)c1cc(C(=O)O)n(Cc2ccccc2Cl)n1. The number of amides is 1. The van der Waals surface area contributed by atoms with E-state index in [1.165, 1.54) is 4.68 Å². The minimum absolute atomic E-state index is 0.0313. The molecule has 4 N–H and O–H groups in total. The summed E-state index contributed by atoms with van der Waals surface area (Å²) in [7, 11) is 0. The summed E-state index contributed by atoms with van der Waals surface area (Å²) in [5.74, 6) is -3.38. The van der Waals surface area contributed by atoms with Crippen LogP contribution in [0.1, 0.15) is 38.5 Å². The van der Waals surface area contributed by atoms with Crippen LogP contribution in [0.5, 0.6) is 0 Å². The van der Waals surface area contributed by atoms with Crippen LogP contribution in [0.4, 0.5) is 0 Å². The zero-order valence-corrected chi connectivity index (χ0v) is 21.5. The molecule has 2 atom stereocenters. The van der Waals surface area contributed by atoms with Gasteiger partial charge < -0.3 is 20.6 Å². The van der Waals surface area contributed by atoms with E-state index in [4.69, 9.17) is 11.6 Å². The minimum Gasteiger partial charge on any atom is -0.479 e. The topological polar surface area (TPSA) is 142 Å². The zero-order valence-electron chi connectivity index (χ0n) is 20.7. The van der Waals surface area contributed by atoms with E-state index in [1.54, 1.807) is 24.3 Å². The van der Waals surface area contributed by atoms with Crippen LogP contribution in [0.15, 0.2) is 84.9 Å². The van der Waals surface area contributed by atoms with Gasteiger partial charge in [0, 0.05) is 23.6 Å². The van der Waals surface area contributed by atoms with Gasteiger partial charge in [-0.2, -0.15) is 5.10 Å². The van der Waals surface area contributed by atoms with Gasteiger partial charge in [-0.3, -0.25) is 9.48 Å². The predicted molar refractivity (Wildman–Crippen MR) is 145 cm³/mol. The van der Waals surface area contributed by atoms with E-state index >= 15 is 0 Å². The van der Waals surface area contributed by atoms with Gasteiger partial charge in [-0.25, -0.2) is 9.59 Å². The van der Waals surface area contributed by atoms with Gasteiger partial charge in [-0.15, -0.1) is 0 Å². The molecule has 2 unspecified atom stereocenters. The number of rotatable bonds is 11. The van der Waals surface area contributed by atoms with E-state index in [1.807, 2.05) is 54.6 Å². The van der Waals surface area contributed by atoms with E-state index in [-0.39, 0.29) is 30.8 Å². The van der Waals surface area contributed by atoms with Gasteiger partial charge in [0.1, 0.15) is 5.69 Å². The standard InChI is InChI=1S/C29H26ClN3O6/c30-23-9-5-4-8-21(23)17-33-25(28(36)37)16-24(32-33)27(35)31-22(15-26(34)29(38)39)14-18-10-12-20(13-11-18)19-6-2-1-3-7-19/h1-13,16,22,26,34H,14-15,17H2,(H,31,35)(H,36,37)(H,38,39). The highest BCUT2D eigenvalue weighted by Gasteiger charge is 2.25. The fraction of sp³-hybridized carbons (Fsp3) is 0.172. The van der Waals surface area contributed by atoms with Crippen LogP contribution in [0.25, 0.3) is 11.1 Å². The number of aromatic carboxylic acids is 1. The van der Waals surface area contributed by atoms with Crippen molar-refractivity contribution in [1.82, 2.24) is 15.1 Å². The number of nitrogens with zero attached hydrogens (tertiary/aromatic N) is 2. The lowest BCUT2D eigenvalue weighted by Gasteiger charge is -2.20. The summed E-state index contributed by atoms with van der Waals surface area (Å²) in [6.07, 6.45) is -1.73. The number of aliphatic hydroxyl groups excluding tert-OH is 1. The van der Waals surface area contributed by atoms with Crippen molar-refractivity contribution in [3.05, 3.63) is 112 Å². The lowest BCUT2D eigenvalue weighted by molar-refractivity contribution is -0.147. The number of nitrogens with one attached hydrogen (secondary N) is 1. The van der Waals surface area contributed by atoms with Crippen molar-refractivity contribution in [2.24, 2.45) is 0 Å². The quantitative estimate of drug-likeness (QED) is 0.221. The molecule has 10 heteroatoms. The number of aromatic nitrogens is 2. The molecule has 39 heavy (non-hydrogen) atoms. The van der Waals surface area contributed by atoms with Crippen LogP contribution in [-0.2, 0) is 17.8 Å². The first-order valence-electron chi connectivity index (χ1n) is 12.1. The van der Waals surface area contributed by atoms with Gasteiger partial charge in [0.15, 0.2) is 11.8 Å². The zero-order chi connectivity index (χ0) is 27.9. The monoisotopic (exact) mass is 547 g/mol. The number of carbonyl (C=O) groups excluding carboxylic acids is 1. The summed E-state index contributed by atoms with van der Waals surface area (Å²) in [6, 6.07) is 24.6. The Morgan fingerprint density at radius 1 is 0.897 bits per heavy atom. The molecule has 0 aliphatic rings. The maximum absolute atomic E-state index is 13.1. The second-order valence-corrected chi connectivity index (χ2v) is 9.40. The summed E-state index contributed by atoms with van der Waals surface area (Å²) in [5.41, 5.74) is 3.10. The van der Waals surface area contributed by atoms with Crippen molar-refractivity contribution >= 4 is 29.4 Å². The van der Waals surface area contributed by atoms with E-state index in [9.17, 15) is 29.7 Å². The summed E-state index contributed by atoms with van der Waals surface area (Å²) in [4.78, 5) is 36.2. The molecule has 9 nitrogen and oxygen atoms in total. The largest absolute Gasteiger partial charge is 0.479 e. The Balaban J connectivity index is 1.54. The summed E-state index contributed by atoms with van der Waals surface area (Å²) in [6.45, 7) is 0.0313. The highest BCUT2D eigenvalue weighted by molar-refractivity contribution is 6.31. The maximum atomic E-state index is 13.1. The van der Waals surface area contributed by atoms with E-state index < -0.39 is 30.0 Å². The van der Waals surface area contributed by atoms with Gasteiger partial charge >= 0.3 is 11.9 Å². The van der Waals surface area contributed by atoms with E-state index in [2.05, 4.69) is 10.4 Å². The fourth-order valence-corrected chi connectivity index (χ4v) is 4.38. The van der Waals surface area contributed by atoms with Gasteiger partial charge in [-0.1, -0.05) is 84.4 Å². The Kier molecular flexibility index (Phi) is 8.75. The van der Waals surface area contributed by atoms with E-state index in [0.717, 1.165) is 22.8 Å². The van der Waals surface area contributed by atoms with Crippen LogP contribution in [-0.4, -0.2) is 55.1 Å². The Morgan fingerprint density at radius 3 is 2.18 bits per heavy atom. The van der Waals surface area contributed by atoms with Crippen LogP contribution >= 0.6 is 11.6 Å².